The number of hydrogen-bond acceptors (Lipinski definition) is 5. The number of rotatable bonds is 5. The molecule has 2 fully saturated rings. The number of hydrogen-bond donors (Lipinski definition) is 2. The fourth-order valence-electron chi connectivity index (χ4n) is 4.91. The summed E-state index contributed by atoms with van der Waals surface area (Å²) in [4.78, 5) is 33.0. The Labute approximate surface area is 179 Å². The highest BCUT2D eigenvalue weighted by atomic mass is 32.1. The number of thiazole rings is 1. The summed E-state index contributed by atoms with van der Waals surface area (Å²) in [5.74, 6) is -0.0884. The maximum absolute atomic E-state index is 12.9. The molecule has 3 amide bonds. The summed E-state index contributed by atoms with van der Waals surface area (Å²) in [6.07, 6.45) is 4.33. The van der Waals surface area contributed by atoms with Crippen molar-refractivity contribution in [2.75, 3.05) is 13.1 Å². The summed E-state index contributed by atoms with van der Waals surface area (Å²) < 4.78 is 2.17. The Morgan fingerprint density at radius 3 is 2.67 bits per heavy atom. The maximum atomic E-state index is 12.9. The molecule has 8 heteroatoms. The van der Waals surface area contributed by atoms with Crippen LogP contribution in [0.3, 0.4) is 0 Å². The van der Waals surface area contributed by atoms with Gasteiger partial charge in [0.2, 0.25) is 0 Å². The predicted molar refractivity (Wildman–Crippen MR) is 115 cm³/mol. The minimum absolute atomic E-state index is 0.105. The zero-order valence-electron chi connectivity index (χ0n) is 16.9. The van der Waals surface area contributed by atoms with Crippen molar-refractivity contribution in [3.63, 3.8) is 0 Å². The third kappa shape index (κ3) is 3.30. The smallest absolute Gasteiger partial charge is 0.322 e. The van der Waals surface area contributed by atoms with Crippen LogP contribution in [0.15, 0.2) is 41.9 Å². The van der Waals surface area contributed by atoms with Gasteiger partial charge in [0.15, 0.2) is 4.96 Å². The molecule has 7 nitrogen and oxygen atoms in total. The summed E-state index contributed by atoms with van der Waals surface area (Å²) in [5, 5.41) is 7.54. The second-order valence-electron chi connectivity index (χ2n) is 8.29. The second kappa shape index (κ2) is 7.52. The van der Waals surface area contributed by atoms with E-state index < -0.39 is 5.54 Å². The van der Waals surface area contributed by atoms with Gasteiger partial charge in [0.05, 0.1) is 11.4 Å². The van der Waals surface area contributed by atoms with Gasteiger partial charge in [0, 0.05) is 24.5 Å². The van der Waals surface area contributed by atoms with Gasteiger partial charge in [-0.05, 0) is 44.3 Å². The third-order valence-corrected chi connectivity index (χ3v) is 7.27. The van der Waals surface area contributed by atoms with Crippen LogP contribution in [0, 0.1) is 12.8 Å². The molecule has 2 aliphatic heterocycles. The molecule has 3 aromatic rings. The molecule has 156 valence electrons. The van der Waals surface area contributed by atoms with Crippen molar-refractivity contribution in [2.24, 2.45) is 5.92 Å². The molecule has 1 aromatic carbocycles. The van der Waals surface area contributed by atoms with Gasteiger partial charge in [-0.1, -0.05) is 30.3 Å². The average Bonchev–Trinajstić information content (AvgIpc) is 3.39. The normalized spacial score (nSPS) is 23.1. The first-order valence-electron chi connectivity index (χ1n) is 10.4. The molecule has 0 aliphatic carbocycles. The first kappa shape index (κ1) is 19.3. The number of aromatic nitrogens is 2. The number of fused-ring (bicyclic) bond motifs is 1. The lowest BCUT2D eigenvalue weighted by atomic mass is 9.74. The molecule has 5 rings (SSSR count). The van der Waals surface area contributed by atoms with Crippen molar-refractivity contribution in [2.45, 2.75) is 38.3 Å². The van der Waals surface area contributed by atoms with Gasteiger partial charge >= 0.3 is 6.03 Å². The molecule has 2 aromatic heterocycles. The van der Waals surface area contributed by atoms with Gasteiger partial charge in [-0.2, -0.15) is 0 Å². The number of amides is 3. The van der Waals surface area contributed by atoms with Crippen molar-refractivity contribution in [3.05, 3.63) is 58.9 Å². The van der Waals surface area contributed by atoms with Crippen molar-refractivity contribution in [3.8, 4) is 0 Å². The first-order chi connectivity index (χ1) is 14.5. The number of piperidine rings is 1. The lowest BCUT2D eigenvalue weighted by Crippen LogP contribution is -2.57. The van der Waals surface area contributed by atoms with Crippen LogP contribution >= 0.6 is 11.3 Å². The number of nitrogens with zero attached hydrogens (tertiary/aromatic N) is 3. The van der Waals surface area contributed by atoms with Crippen LogP contribution in [0.5, 0.6) is 0 Å². The zero-order chi connectivity index (χ0) is 20.7. The summed E-state index contributed by atoms with van der Waals surface area (Å²) in [6.45, 7) is 4.69. The van der Waals surface area contributed by atoms with Crippen molar-refractivity contribution >= 4 is 28.2 Å². The van der Waals surface area contributed by atoms with Gasteiger partial charge in [-0.15, -0.1) is 11.3 Å². The lowest BCUT2D eigenvalue weighted by molar-refractivity contribution is -0.126. The van der Waals surface area contributed by atoms with E-state index >= 15 is 0 Å². The molecule has 4 heterocycles. The van der Waals surface area contributed by atoms with Gasteiger partial charge in [0.1, 0.15) is 5.54 Å². The minimum atomic E-state index is -0.863. The van der Waals surface area contributed by atoms with Gasteiger partial charge < -0.3 is 5.32 Å². The third-order valence-electron chi connectivity index (χ3n) is 6.51. The van der Waals surface area contributed by atoms with Crippen LogP contribution in [0.25, 0.3) is 4.96 Å². The number of benzene rings is 1. The molecule has 0 saturated carbocycles. The lowest BCUT2D eigenvalue weighted by Gasteiger charge is -2.40. The Morgan fingerprint density at radius 2 is 1.97 bits per heavy atom. The van der Waals surface area contributed by atoms with E-state index in [4.69, 9.17) is 0 Å². The Bertz CT molecular complexity index is 1080. The van der Waals surface area contributed by atoms with Gasteiger partial charge in [-0.25, -0.2) is 9.78 Å². The van der Waals surface area contributed by atoms with E-state index in [1.54, 1.807) is 11.3 Å². The van der Waals surface area contributed by atoms with Gasteiger partial charge in [0.25, 0.3) is 5.91 Å². The number of aryl methyl sites for hydroxylation is 1. The molecule has 2 N–H and O–H groups in total. The number of imidazole rings is 1. The van der Waals surface area contributed by atoms with Crippen molar-refractivity contribution in [1.82, 2.24) is 24.9 Å². The fourth-order valence-corrected chi connectivity index (χ4v) is 5.68. The highest BCUT2D eigenvalue weighted by Gasteiger charge is 2.52. The van der Waals surface area contributed by atoms with E-state index in [1.807, 2.05) is 30.3 Å². The Hall–Kier alpha value is -2.71. The number of likely N-dealkylation sites (tertiary alicyclic amines) is 1. The van der Waals surface area contributed by atoms with E-state index in [0.717, 1.165) is 48.7 Å². The number of imide groups is 1. The molecule has 2 saturated heterocycles. The first-order valence-corrected chi connectivity index (χ1v) is 11.2. The second-order valence-corrected chi connectivity index (χ2v) is 9.16. The SMILES string of the molecule is Cc1nc2sccn2c1CN1CCC([C@]2(Cc3ccccc3)NC(=O)NC2=O)CC1. The monoisotopic (exact) mass is 423 g/mol. The highest BCUT2D eigenvalue weighted by molar-refractivity contribution is 7.15. The van der Waals surface area contributed by atoms with E-state index in [1.165, 1.54) is 5.69 Å². The topological polar surface area (TPSA) is 78.7 Å². The largest absolute Gasteiger partial charge is 0.323 e. The van der Waals surface area contributed by atoms with Crippen molar-refractivity contribution in [1.29, 1.82) is 0 Å². The molecule has 2 aliphatic rings. The molecule has 0 spiro atoms. The number of carbonyl (C=O) groups is 2. The standard InChI is InChI=1S/C22H25N5O2S/c1-15-18(27-11-12-30-21(27)23-15)14-26-9-7-17(8-10-26)22(19(28)24-20(29)25-22)13-16-5-3-2-4-6-16/h2-6,11-12,17H,7-10,13-14H2,1H3,(H2,24,25,28,29)/t22-/m0/s1. The molecular formula is C22H25N5O2S. The van der Waals surface area contributed by atoms with Crippen molar-refractivity contribution < 1.29 is 9.59 Å². The highest BCUT2D eigenvalue weighted by Crippen LogP contribution is 2.34. The average molecular weight is 424 g/mol. The summed E-state index contributed by atoms with van der Waals surface area (Å²) in [6, 6.07) is 9.56. The van der Waals surface area contributed by atoms with E-state index in [0.29, 0.717) is 6.42 Å². The molecule has 0 unspecified atom stereocenters. The van der Waals surface area contributed by atoms with Crippen LogP contribution in [0.2, 0.25) is 0 Å². The van der Waals surface area contributed by atoms with Crippen LogP contribution in [-0.4, -0.2) is 44.9 Å². The number of nitrogens with one attached hydrogen (secondary N) is 2. The zero-order valence-corrected chi connectivity index (χ0v) is 17.7. The van der Waals surface area contributed by atoms with Gasteiger partial charge in [-0.3, -0.25) is 19.4 Å². The summed E-state index contributed by atoms with van der Waals surface area (Å²) >= 11 is 1.65. The Morgan fingerprint density at radius 1 is 1.20 bits per heavy atom. The fraction of sp³-hybridized carbons (Fsp3) is 0.409. The Balaban J connectivity index is 1.32. The Kier molecular flexibility index (Phi) is 4.83. The predicted octanol–water partition coefficient (Wildman–Crippen LogP) is 2.74. The maximum Gasteiger partial charge on any atom is 0.322 e. The van der Waals surface area contributed by atoms with Crippen LogP contribution in [0.4, 0.5) is 4.79 Å². The molecule has 30 heavy (non-hydrogen) atoms. The van der Waals surface area contributed by atoms with Crippen LogP contribution < -0.4 is 10.6 Å². The molecule has 0 radical (unpaired) electrons. The quantitative estimate of drug-likeness (QED) is 0.619. The van der Waals surface area contributed by atoms with Crippen LogP contribution in [0.1, 0.15) is 29.8 Å². The van der Waals surface area contributed by atoms with E-state index in [-0.39, 0.29) is 17.9 Å². The minimum Gasteiger partial charge on any atom is -0.323 e. The molecular weight excluding hydrogens is 398 g/mol. The molecule has 1 atom stereocenters. The van der Waals surface area contributed by atoms with Crippen LogP contribution in [-0.2, 0) is 17.8 Å². The number of carbonyl (C=O) groups excluding carboxylic acids is 2. The van der Waals surface area contributed by atoms with E-state index in [2.05, 4.69) is 43.4 Å². The summed E-state index contributed by atoms with van der Waals surface area (Å²) in [5.41, 5.74) is 2.51. The number of urea groups is 1. The van der Waals surface area contributed by atoms with E-state index in [9.17, 15) is 9.59 Å². The summed E-state index contributed by atoms with van der Waals surface area (Å²) in [7, 11) is 0. The molecule has 0 bridgehead atoms.